The van der Waals surface area contributed by atoms with Crippen LogP contribution in [-0.4, -0.2) is 44.9 Å². The molecule has 0 fully saturated rings. The topological polar surface area (TPSA) is 88.3 Å². The van der Waals surface area contributed by atoms with Gasteiger partial charge in [-0.05, 0) is 50.1 Å². The van der Waals surface area contributed by atoms with Gasteiger partial charge in [-0.1, -0.05) is 6.07 Å². The monoisotopic (exact) mass is 503 g/mol. The van der Waals surface area contributed by atoms with Crippen molar-refractivity contribution in [1.29, 1.82) is 0 Å². The summed E-state index contributed by atoms with van der Waals surface area (Å²) in [5.41, 5.74) is -0.0339. The fourth-order valence-corrected chi connectivity index (χ4v) is 2.60. The van der Waals surface area contributed by atoms with Gasteiger partial charge in [0, 0.05) is 13.1 Å². The molecule has 0 aliphatic heterocycles. The number of guanidine groups is 1. The van der Waals surface area contributed by atoms with E-state index < -0.39 is 5.60 Å². The van der Waals surface area contributed by atoms with E-state index >= 15 is 0 Å². The zero-order chi connectivity index (χ0) is 19.7. The van der Waals surface area contributed by atoms with E-state index in [2.05, 4.69) is 15.6 Å². The highest BCUT2D eigenvalue weighted by Gasteiger charge is 2.26. The molecule has 0 radical (unpaired) electrons. The normalized spacial score (nSPS) is 13.2. The Balaban J connectivity index is 0.00000392. The molecule has 0 saturated carbocycles. The fourth-order valence-electron chi connectivity index (χ4n) is 2.60. The second-order valence-corrected chi connectivity index (χ2v) is 6.31. The first-order valence-corrected chi connectivity index (χ1v) is 8.99. The SMILES string of the molecule is CCNC(=NCC(C)(O)c1ccco1)NCCc1ccc(OC)c(OC)c1.I. The number of aliphatic imine (C=N–C) groups is 1. The van der Waals surface area contributed by atoms with E-state index in [1.165, 1.54) is 0 Å². The Bertz CT molecular complexity index is 733. The summed E-state index contributed by atoms with van der Waals surface area (Å²) in [4.78, 5) is 4.47. The van der Waals surface area contributed by atoms with Crippen LogP contribution < -0.4 is 20.1 Å². The molecule has 1 atom stereocenters. The van der Waals surface area contributed by atoms with E-state index in [-0.39, 0.29) is 30.5 Å². The predicted molar refractivity (Wildman–Crippen MR) is 121 cm³/mol. The molecule has 28 heavy (non-hydrogen) atoms. The Morgan fingerprint density at radius 3 is 2.54 bits per heavy atom. The summed E-state index contributed by atoms with van der Waals surface area (Å²) in [5, 5.41) is 17.0. The van der Waals surface area contributed by atoms with Crippen LogP contribution in [-0.2, 0) is 12.0 Å². The van der Waals surface area contributed by atoms with Gasteiger partial charge in [0.05, 0.1) is 27.0 Å². The lowest BCUT2D eigenvalue weighted by Gasteiger charge is -2.19. The molecule has 2 aromatic rings. The minimum absolute atomic E-state index is 0. The third-order valence-corrected chi connectivity index (χ3v) is 4.10. The molecule has 1 aromatic carbocycles. The van der Waals surface area contributed by atoms with Gasteiger partial charge >= 0.3 is 0 Å². The summed E-state index contributed by atoms with van der Waals surface area (Å²) >= 11 is 0. The number of aliphatic hydroxyl groups is 1. The number of nitrogens with zero attached hydrogens (tertiary/aromatic N) is 1. The maximum absolute atomic E-state index is 10.5. The highest BCUT2D eigenvalue weighted by Crippen LogP contribution is 2.27. The van der Waals surface area contributed by atoms with Crippen molar-refractivity contribution in [3.05, 3.63) is 47.9 Å². The van der Waals surface area contributed by atoms with Crippen LogP contribution in [0.4, 0.5) is 0 Å². The number of furan rings is 1. The summed E-state index contributed by atoms with van der Waals surface area (Å²) < 4.78 is 15.9. The predicted octanol–water partition coefficient (Wildman–Crippen LogP) is 2.92. The molecule has 3 N–H and O–H groups in total. The first-order chi connectivity index (χ1) is 13.0. The number of nitrogens with one attached hydrogen (secondary N) is 2. The average molecular weight is 503 g/mol. The van der Waals surface area contributed by atoms with Gasteiger partial charge in [-0.3, -0.25) is 0 Å². The van der Waals surface area contributed by atoms with Crippen LogP contribution in [0.2, 0.25) is 0 Å². The van der Waals surface area contributed by atoms with Gasteiger partial charge in [0.15, 0.2) is 17.5 Å². The largest absolute Gasteiger partial charge is 0.493 e. The van der Waals surface area contributed by atoms with Gasteiger partial charge in [-0.25, -0.2) is 4.99 Å². The number of rotatable bonds is 9. The number of benzene rings is 1. The van der Waals surface area contributed by atoms with Crippen molar-refractivity contribution in [3.63, 3.8) is 0 Å². The highest BCUT2D eigenvalue weighted by atomic mass is 127. The van der Waals surface area contributed by atoms with Crippen molar-refractivity contribution in [2.75, 3.05) is 33.9 Å². The molecule has 2 rings (SSSR count). The summed E-state index contributed by atoms with van der Waals surface area (Å²) in [7, 11) is 3.25. The summed E-state index contributed by atoms with van der Waals surface area (Å²) in [5.74, 6) is 2.56. The van der Waals surface area contributed by atoms with E-state index in [9.17, 15) is 5.11 Å². The molecule has 1 heterocycles. The Morgan fingerprint density at radius 1 is 1.18 bits per heavy atom. The van der Waals surface area contributed by atoms with Crippen molar-refractivity contribution >= 4 is 29.9 Å². The standard InChI is InChI=1S/C20H29N3O4.HI/c1-5-21-19(23-14-20(2,24)18-7-6-12-27-18)22-11-10-15-8-9-16(25-3)17(13-15)26-4;/h6-9,12-13,24H,5,10-11,14H2,1-4H3,(H2,21,22,23);1H. The molecule has 0 amide bonds. The highest BCUT2D eigenvalue weighted by molar-refractivity contribution is 14.0. The van der Waals surface area contributed by atoms with E-state index in [1.807, 2.05) is 25.1 Å². The number of halogens is 1. The van der Waals surface area contributed by atoms with E-state index in [0.29, 0.717) is 29.8 Å². The minimum atomic E-state index is -1.16. The van der Waals surface area contributed by atoms with Gasteiger partial charge in [0.2, 0.25) is 0 Å². The van der Waals surface area contributed by atoms with Crippen LogP contribution >= 0.6 is 24.0 Å². The summed E-state index contributed by atoms with van der Waals surface area (Å²) in [6, 6.07) is 9.36. The zero-order valence-corrected chi connectivity index (χ0v) is 19.2. The second kappa shape index (κ2) is 11.8. The van der Waals surface area contributed by atoms with Crippen molar-refractivity contribution in [3.8, 4) is 11.5 Å². The summed E-state index contributed by atoms with van der Waals surface area (Å²) in [6.07, 6.45) is 2.33. The molecular weight excluding hydrogens is 473 g/mol. The number of hydrogen-bond acceptors (Lipinski definition) is 5. The molecule has 0 spiro atoms. The van der Waals surface area contributed by atoms with Crippen molar-refractivity contribution in [2.45, 2.75) is 25.9 Å². The molecule has 0 bridgehead atoms. The van der Waals surface area contributed by atoms with E-state index in [4.69, 9.17) is 13.9 Å². The number of ether oxygens (including phenoxy) is 2. The zero-order valence-electron chi connectivity index (χ0n) is 16.8. The first-order valence-electron chi connectivity index (χ1n) is 8.99. The third-order valence-electron chi connectivity index (χ3n) is 4.10. The number of methoxy groups -OCH3 is 2. The second-order valence-electron chi connectivity index (χ2n) is 6.31. The lowest BCUT2D eigenvalue weighted by atomic mass is 10.0. The Morgan fingerprint density at radius 2 is 1.93 bits per heavy atom. The molecule has 0 aliphatic rings. The molecule has 7 nitrogen and oxygen atoms in total. The van der Waals surface area contributed by atoms with Gasteiger partial charge < -0.3 is 29.6 Å². The van der Waals surface area contributed by atoms with Crippen LogP contribution in [0.25, 0.3) is 0 Å². The van der Waals surface area contributed by atoms with Crippen molar-refractivity contribution in [1.82, 2.24) is 10.6 Å². The minimum Gasteiger partial charge on any atom is -0.493 e. The van der Waals surface area contributed by atoms with Crippen LogP contribution in [0.1, 0.15) is 25.2 Å². The van der Waals surface area contributed by atoms with Gasteiger partial charge in [0.1, 0.15) is 11.4 Å². The van der Waals surface area contributed by atoms with E-state index in [0.717, 1.165) is 18.5 Å². The first kappa shape index (κ1) is 24.1. The maximum atomic E-state index is 10.5. The number of hydrogen-bond donors (Lipinski definition) is 3. The Hall–Kier alpha value is -1.94. The van der Waals surface area contributed by atoms with Crippen LogP contribution in [0, 0.1) is 0 Å². The molecule has 1 aromatic heterocycles. The van der Waals surface area contributed by atoms with E-state index in [1.54, 1.807) is 39.5 Å². The maximum Gasteiger partial charge on any atom is 0.191 e. The summed E-state index contributed by atoms with van der Waals surface area (Å²) in [6.45, 7) is 5.28. The van der Waals surface area contributed by atoms with Crippen LogP contribution in [0.5, 0.6) is 11.5 Å². The Kier molecular flexibility index (Phi) is 10.2. The molecule has 0 saturated heterocycles. The molecular formula is C20H30IN3O4. The van der Waals surface area contributed by atoms with Crippen molar-refractivity contribution < 1.29 is 19.0 Å². The van der Waals surface area contributed by atoms with Gasteiger partial charge in [-0.2, -0.15) is 0 Å². The Labute approximate surface area is 183 Å². The third kappa shape index (κ3) is 6.90. The molecule has 0 aliphatic carbocycles. The lowest BCUT2D eigenvalue weighted by molar-refractivity contribution is 0.0437. The van der Waals surface area contributed by atoms with Gasteiger partial charge in [0.25, 0.3) is 0 Å². The van der Waals surface area contributed by atoms with Crippen LogP contribution in [0.15, 0.2) is 46.0 Å². The molecule has 1 unspecified atom stereocenters. The smallest absolute Gasteiger partial charge is 0.191 e. The molecule has 8 heteroatoms. The van der Waals surface area contributed by atoms with Crippen LogP contribution in [0.3, 0.4) is 0 Å². The lowest BCUT2D eigenvalue weighted by Crippen LogP contribution is -2.39. The van der Waals surface area contributed by atoms with Gasteiger partial charge in [-0.15, -0.1) is 24.0 Å². The quantitative estimate of drug-likeness (QED) is 0.277. The molecule has 156 valence electrons. The average Bonchev–Trinajstić information content (AvgIpc) is 3.22. The fraction of sp³-hybridized carbons (Fsp3) is 0.450. The van der Waals surface area contributed by atoms with Crippen molar-refractivity contribution in [2.24, 2.45) is 4.99 Å².